The minimum atomic E-state index is 0.0746. The van der Waals surface area contributed by atoms with Crippen LogP contribution in [0.5, 0.6) is 11.5 Å². The number of rotatable bonds is 6. The SMILES string of the molecule is COc1cc(CCO)c(Cl)cc1OCC1CC1. The van der Waals surface area contributed by atoms with Crippen molar-refractivity contribution >= 4 is 11.6 Å². The average Bonchev–Trinajstić information content (AvgIpc) is 3.13. The molecule has 0 heterocycles. The number of hydrogen-bond donors (Lipinski definition) is 1. The molecule has 1 aliphatic carbocycles. The first-order valence-electron chi connectivity index (χ1n) is 5.84. The van der Waals surface area contributed by atoms with Gasteiger partial charge in [-0.3, -0.25) is 0 Å². The van der Waals surface area contributed by atoms with Gasteiger partial charge in [-0.1, -0.05) is 11.6 Å². The maximum atomic E-state index is 8.93. The minimum absolute atomic E-state index is 0.0746. The Bertz CT molecular complexity index is 388. The summed E-state index contributed by atoms with van der Waals surface area (Å²) in [7, 11) is 1.61. The van der Waals surface area contributed by atoms with Crippen LogP contribution in [0, 0.1) is 5.92 Å². The average molecular weight is 257 g/mol. The fraction of sp³-hybridized carbons (Fsp3) is 0.538. The summed E-state index contributed by atoms with van der Waals surface area (Å²) in [6.07, 6.45) is 3.02. The Kier molecular flexibility index (Phi) is 4.13. The summed E-state index contributed by atoms with van der Waals surface area (Å²) in [5, 5.41) is 9.55. The third kappa shape index (κ3) is 3.27. The Hall–Kier alpha value is -0.930. The summed E-state index contributed by atoms with van der Waals surface area (Å²) < 4.78 is 11.0. The van der Waals surface area contributed by atoms with E-state index in [-0.39, 0.29) is 6.61 Å². The van der Waals surface area contributed by atoms with Crippen LogP contribution in [0.1, 0.15) is 18.4 Å². The Morgan fingerprint density at radius 2 is 2.12 bits per heavy atom. The van der Waals surface area contributed by atoms with Crippen molar-refractivity contribution in [3.05, 3.63) is 22.7 Å². The van der Waals surface area contributed by atoms with Crippen LogP contribution in [0.25, 0.3) is 0 Å². The third-order valence-electron chi connectivity index (χ3n) is 2.89. The summed E-state index contributed by atoms with van der Waals surface area (Å²) in [5.74, 6) is 2.06. The largest absolute Gasteiger partial charge is 0.493 e. The molecular formula is C13H17ClO3. The van der Waals surface area contributed by atoms with Gasteiger partial charge in [0, 0.05) is 17.7 Å². The lowest BCUT2D eigenvalue weighted by Crippen LogP contribution is -2.02. The van der Waals surface area contributed by atoms with Crippen LogP contribution in [-0.2, 0) is 6.42 Å². The molecule has 1 aromatic carbocycles. The number of aliphatic hydroxyl groups excluding tert-OH is 1. The smallest absolute Gasteiger partial charge is 0.162 e. The van der Waals surface area contributed by atoms with Crippen molar-refractivity contribution in [1.82, 2.24) is 0 Å². The molecule has 0 unspecified atom stereocenters. The number of methoxy groups -OCH3 is 1. The second kappa shape index (κ2) is 5.61. The molecule has 1 aromatic rings. The van der Waals surface area contributed by atoms with Crippen molar-refractivity contribution in [2.75, 3.05) is 20.3 Å². The number of aliphatic hydroxyl groups is 1. The molecule has 0 amide bonds. The molecule has 1 aliphatic rings. The summed E-state index contributed by atoms with van der Waals surface area (Å²) in [6.45, 7) is 0.803. The van der Waals surface area contributed by atoms with Gasteiger partial charge in [-0.15, -0.1) is 0 Å². The van der Waals surface area contributed by atoms with Gasteiger partial charge in [-0.05, 0) is 36.8 Å². The van der Waals surface area contributed by atoms with Gasteiger partial charge < -0.3 is 14.6 Å². The van der Waals surface area contributed by atoms with Crippen LogP contribution in [0.15, 0.2) is 12.1 Å². The van der Waals surface area contributed by atoms with E-state index in [0.717, 1.165) is 12.2 Å². The molecule has 0 radical (unpaired) electrons. The van der Waals surface area contributed by atoms with E-state index in [2.05, 4.69) is 0 Å². The Morgan fingerprint density at radius 3 is 2.71 bits per heavy atom. The van der Waals surface area contributed by atoms with E-state index in [1.807, 2.05) is 6.07 Å². The fourth-order valence-electron chi connectivity index (χ4n) is 1.65. The number of ether oxygens (including phenoxy) is 2. The molecule has 2 rings (SSSR count). The van der Waals surface area contributed by atoms with Crippen molar-refractivity contribution in [3.8, 4) is 11.5 Å². The second-order valence-corrected chi connectivity index (χ2v) is 4.73. The van der Waals surface area contributed by atoms with Crippen LogP contribution in [0.2, 0.25) is 5.02 Å². The van der Waals surface area contributed by atoms with Gasteiger partial charge >= 0.3 is 0 Å². The maximum Gasteiger partial charge on any atom is 0.162 e. The van der Waals surface area contributed by atoms with Gasteiger partial charge in [-0.25, -0.2) is 0 Å². The molecule has 0 bridgehead atoms. The van der Waals surface area contributed by atoms with Crippen molar-refractivity contribution in [2.24, 2.45) is 5.92 Å². The van der Waals surface area contributed by atoms with E-state index in [1.165, 1.54) is 12.8 Å². The van der Waals surface area contributed by atoms with Gasteiger partial charge in [0.2, 0.25) is 0 Å². The highest BCUT2D eigenvalue weighted by atomic mass is 35.5. The van der Waals surface area contributed by atoms with Crippen LogP contribution >= 0.6 is 11.6 Å². The molecule has 94 valence electrons. The lowest BCUT2D eigenvalue weighted by Gasteiger charge is -2.13. The molecule has 3 nitrogen and oxygen atoms in total. The van der Waals surface area contributed by atoms with Gasteiger partial charge in [0.1, 0.15) is 0 Å². The third-order valence-corrected chi connectivity index (χ3v) is 3.24. The lowest BCUT2D eigenvalue weighted by molar-refractivity contribution is 0.279. The molecule has 0 aliphatic heterocycles. The summed E-state index contributed by atoms with van der Waals surface area (Å²) in [4.78, 5) is 0. The summed E-state index contributed by atoms with van der Waals surface area (Å²) in [5.41, 5.74) is 0.879. The predicted octanol–water partition coefficient (Wildman–Crippen LogP) is 2.67. The van der Waals surface area contributed by atoms with Gasteiger partial charge in [0.25, 0.3) is 0 Å². The van der Waals surface area contributed by atoms with E-state index in [0.29, 0.717) is 28.9 Å². The zero-order valence-electron chi connectivity index (χ0n) is 9.91. The summed E-state index contributed by atoms with van der Waals surface area (Å²) >= 11 is 6.12. The lowest BCUT2D eigenvalue weighted by atomic mass is 10.1. The molecule has 0 aromatic heterocycles. The zero-order valence-corrected chi connectivity index (χ0v) is 10.7. The van der Waals surface area contributed by atoms with Crippen molar-refractivity contribution in [3.63, 3.8) is 0 Å². The molecule has 4 heteroatoms. The Balaban J connectivity index is 2.14. The molecule has 1 fully saturated rings. The van der Waals surface area contributed by atoms with Crippen LogP contribution < -0.4 is 9.47 Å². The Morgan fingerprint density at radius 1 is 1.35 bits per heavy atom. The topological polar surface area (TPSA) is 38.7 Å². The first-order chi connectivity index (χ1) is 8.24. The quantitative estimate of drug-likeness (QED) is 0.851. The number of hydrogen-bond acceptors (Lipinski definition) is 3. The van der Waals surface area contributed by atoms with Crippen LogP contribution in [0.4, 0.5) is 0 Å². The highest BCUT2D eigenvalue weighted by molar-refractivity contribution is 6.31. The fourth-order valence-corrected chi connectivity index (χ4v) is 1.90. The molecule has 17 heavy (non-hydrogen) atoms. The first-order valence-corrected chi connectivity index (χ1v) is 6.22. The van der Waals surface area contributed by atoms with Crippen molar-refractivity contribution in [2.45, 2.75) is 19.3 Å². The zero-order chi connectivity index (χ0) is 12.3. The summed E-state index contributed by atoms with van der Waals surface area (Å²) in [6, 6.07) is 3.61. The second-order valence-electron chi connectivity index (χ2n) is 4.32. The monoisotopic (exact) mass is 256 g/mol. The van der Waals surface area contributed by atoms with E-state index in [4.69, 9.17) is 26.2 Å². The normalized spacial score (nSPS) is 14.8. The highest BCUT2D eigenvalue weighted by Crippen LogP contribution is 2.36. The molecular weight excluding hydrogens is 240 g/mol. The Labute approximate surface area is 106 Å². The first kappa shape index (κ1) is 12.5. The molecule has 1 N–H and O–H groups in total. The van der Waals surface area contributed by atoms with E-state index in [1.54, 1.807) is 13.2 Å². The standard InChI is InChI=1S/C13H17ClO3/c1-16-12-6-10(4-5-15)11(14)7-13(12)17-8-9-2-3-9/h6-7,9,15H,2-5,8H2,1H3. The van der Waals surface area contributed by atoms with Gasteiger partial charge in [0.15, 0.2) is 11.5 Å². The van der Waals surface area contributed by atoms with E-state index in [9.17, 15) is 0 Å². The van der Waals surface area contributed by atoms with Crippen molar-refractivity contribution < 1.29 is 14.6 Å². The predicted molar refractivity (Wildman–Crippen MR) is 67.0 cm³/mol. The molecule has 0 spiro atoms. The number of benzene rings is 1. The van der Waals surface area contributed by atoms with E-state index < -0.39 is 0 Å². The molecule has 0 atom stereocenters. The molecule has 1 saturated carbocycles. The number of halogens is 1. The van der Waals surface area contributed by atoms with Crippen molar-refractivity contribution in [1.29, 1.82) is 0 Å². The van der Waals surface area contributed by atoms with E-state index >= 15 is 0 Å². The molecule has 0 saturated heterocycles. The van der Waals surface area contributed by atoms with Gasteiger partial charge in [-0.2, -0.15) is 0 Å². The highest BCUT2D eigenvalue weighted by Gasteiger charge is 2.22. The van der Waals surface area contributed by atoms with Gasteiger partial charge in [0.05, 0.1) is 13.7 Å². The van der Waals surface area contributed by atoms with Crippen LogP contribution in [0.3, 0.4) is 0 Å². The maximum absolute atomic E-state index is 8.93. The van der Waals surface area contributed by atoms with Crippen LogP contribution in [-0.4, -0.2) is 25.4 Å². The minimum Gasteiger partial charge on any atom is -0.493 e.